The summed E-state index contributed by atoms with van der Waals surface area (Å²) in [7, 11) is 0. The number of aliphatic hydroxyl groups is 1. The highest BCUT2D eigenvalue weighted by Gasteiger charge is 2.39. The van der Waals surface area contributed by atoms with Crippen molar-refractivity contribution in [3.8, 4) is 11.5 Å². The summed E-state index contributed by atoms with van der Waals surface area (Å²) in [4.78, 5) is 11.5. The normalized spacial score (nSPS) is 17.9. The van der Waals surface area contributed by atoms with Crippen LogP contribution in [0, 0.1) is 5.92 Å². The van der Waals surface area contributed by atoms with Crippen LogP contribution in [-0.2, 0) is 10.4 Å². The quantitative estimate of drug-likeness (QED) is 0.843. The van der Waals surface area contributed by atoms with Crippen molar-refractivity contribution in [2.45, 2.75) is 38.7 Å². The number of carbonyl (C=O) groups is 1. The molecule has 21 heavy (non-hydrogen) atoms. The van der Waals surface area contributed by atoms with Crippen LogP contribution in [-0.4, -0.2) is 29.4 Å². The van der Waals surface area contributed by atoms with Gasteiger partial charge in [0.15, 0.2) is 11.5 Å². The van der Waals surface area contributed by atoms with Crippen molar-refractivity contribution >= 4 is 5.97 Å². The molecule has 1 aromatic carbocycles. The van der Waals surface area contributed by atoms with Crippen molar-refractivity contribution in [2.24, 2.45) is 5.92 Å². The lowest BCUT2D eigenvalue weighted by atomic mass is 9.80. The third kappa shape index (κ3) is 3.29. The second-order valence-corrected chi connectivity index (χ2v) is 5.54. The fourth-order valence-electron chi connectivity index (χ4n) is 2.61. The highest BCUT2D eigenvalue weighted by Crippen LogP contribution is 2.38. The molecule has 0 bridgehead atoms. The van der Waals surface area contributed by atoms with Gasteiger partial charge in [-0.15, -0.1) is 0 Å². The Kier molecular flexibility index (Phi) is 4.73. The van der Waals surface area contributed by atoms with Crippen LogP contribution < -0.4 is 9.47 Å². The van der Waals surface area contributed by atoms with E-state index in [9.17, 15) is 15.0 Å². The van der Waals surface area contributed by atoms with Gasteiger partial charge in [0.25, 0.3) is 0 Å². The number of carboxylic acids is 1. The second kappa shape index (κ2) is 6.35. The van der Waals surface area contributed by atoms with Gasteiger partial charge >= 0.3 is 5.97 Å². The standard InChI is InChI=1S/C16H22O5/c1-3-4-5-12(15(17)18)16(2,19)11-6-7-13-14(10-11)21-9-8-20-13/h6-7,10,12,19H,3-5,8-9H2,1-2H3,(H,17,18). The molecule has 0 fully saturated rings. The van der Waals surface area contributed by atoms with Crippen molar-refractivity contribution in [2.75, 3.05) is 13.2 Å². The Morgan fingerprint density at radius 1 is 1.33 bits per heavy atom. The smallest absolute Gasteiger partial charge is 0.309 e. The summed E-state index contributed by atoms with van der Waals surface area (Å²) in [6.07, 6.45) is 2.09. The molecule has 2 unspecified atom stereocenters. The first-order valence-electron chi connectivity index (χ1n) is 7.32. The number of unbranched alkanes of at least 4 members (excludes halogenated alkanes) is 1. The number of carboxylic acid groups (broad SMARTS) is 1. The van der Waals surface area contributed by atoms with Gasteiger partial charge in [-0.25, -0.2) is 0 Å². The largest absolute Gasteiger partial charge is 0.486 e. The predicted octanol–water partition coefficient (Wildman–Crippen LogP) is 2.56. The molecule has 0 saturated heterocycles. The second-order valence-electron chi connectivity index (χ2n) is 5.54. The average molecular weight is 294 g/mol. The van der Waals surface area contributed by atoms with E-state index >= 15 is 0 Å². The van der Waals surface area contributed by atoms with Gasteiger partial charge in [0, 0.05) is 0 Å². The van der Waals surface area contributed by atoms with Crippen LogP contribution in [0.25, 0.3) is 0 Å². The van der Waals surface area contributed by atoms with Gasteiger partial charge in [-0.1, -0.05) is 25.8 Å². The van der Waals surface area contributed by atoms with Crippen molar-refractivity contribution in [1.82, 2.24) is 0 Å². The van der Waals surface area contributed by atoms with E-state index in [1.807, 2.05) is 6.92 Å². The maximum Gasteiger partial charge on any atom is 0.309 e. The van der Waals surface area contributed by atoms with Crippen LogP contribution in [0.15, 0.2) is 18.2 Å². The molecule has 0 aliphatic carbocycles. The summed E-state index contributed by atoms with van der Waals surface area (Å²) in [5, 5.41) is 20.2. The number of ether oxygens (including phenoxy) is 2. The number of hydrogen-bond donors (Lipinski definition) is 2. The van der Waals surface area contributed by atoms with Gasteiger partial charge in [0.2, 0.25) is 0 Å². The van der Waals surface area contributed by atoms with E-state index in [0.29, 0.717) is 36.7 Å². The number of hydrogen-bond acceptors (Lipinski definition) is 4. The predicted molar refractivity (Wildman–Crippen MR) is 77.7 cm³/mol. The zero-order chi connectivity index (χ0) is 15.5. The summed E-state index contributed by atoms with van der Waals surface area (Å²) < 4.78 is 10.9. The molecule has 5 heteroatoms. The molecule has 0 spiro atoms. The highest BCUT2D eigenvalue weighted by molar-refractivity contribution is 5.72. The van der Waals surface area contributed by atoms with Crippen LogP contribution in [0.2, 0.25) is 0 Å². The van der Waals surface area contributed by atoms with Gasteiger partial charge in [-0.05, 0) is 31.0 Å². The van der Waals surface area contributed by atoms with Crippen LogP contribution in [0.4, 0.5) is 0 Å². The maximum absolute atomic E-state index is 11.5. The zero-order valence-corrected chi connectivity index (χ0v) is 12.5. The summed E-state index contributed by atoms with van der Waals surface area (Å²) in [6, 6.07) is 5.10. The molecule has 0 aromatic heterocycles. The minimum Gasteiger partial charge on any atom is -0.486 e. The number of rotatable bonds is 6. The first kappa shape index (κ1) is 15.6. The van der Waals surface area contributed by atoms with Crippen LogP contribution in [0.1, 0.15) is 38.7 Å². The molecule has 0 amide bonds. The summed E-state index contributed by atoms with van der Waals surface area (Å²) in [5.41, 5.74) is -0.910. The van der Waals surface area contributed by atoms with Gasteiger partial charge in [0.1, 0.15) is 18.8 Å². The molecule has 1 aliphatic rings. The Morgan fingerprint density at radius 2 is 2.00 bits per heavy atom. The van der Waals surface area contributed by atoms with Crippen LogP contribution in [0.3, 0.4) is 0 Å². The highest BCUT2D eigenvalue weighted by atomic mass is 16.6. The molecule has 2 N–H and O–H groups in total. The van der Waals surface area contributed by atoms with E-state index in [2.05, 4.69) is 0 Å². The molecule has 1 aromatic rings. The Bertz CT molecular complexity index is 509. The van der Waals surface area contributed by atoms with Gasteiger partial charge in [-0.2, -0.15) is 0 Å². The Hall–Kier alpha value is -1.75. The zero-order valence-electron chi connectivity index (χ0n) is 12.5. The summed E-state index contributed by atoms with van der Waals surface area (Å²) in [5.74, 6) is -0.650. The third-order valence-corrected chi connectivity index (χ3v) is 3.95. The third-order valence-electron chi connectivity index (χ3n) is 3.95. The molecular weight excluding hydrogens is 272 g/mol. The fraction of sp³-hybridized carbons (Fsp3) is 0.562. The van der Waals surface area contributed by atoms with E-state index in [1.54, 1.807) is 25.1 Å². The number of benzene rings is 1. The molecule has 1 aliphatic heterocycles. The first-order valence-corrected chi connectivity index (χ1v) is 7.32. The first-order chi connectivity index (χ1) is 9.96. The van der Waals surface area contributed by atoms with Crippen molar-refractivity contribution in [3.63, 3.8) is 0 Å². The Labute approximate surface area is 124 Å². The summed E-state index contributed by atoms with van der Waals surface area (Å²) >= 11 is 0. The lowest BCUT2D eigenvalue weighted by molar-refractivity contribution is -0.152. The molecule has 0 radical (unpaired) electrons. The average Bonchev–Trinajstić information content (AvgIpc) is 2.46. The monoisotopic (exact) mass is 294 g/mol. The number of fused-ring (bicyclic) bond motifs is 1. The minimum atomic E-state index is -1.45. The molecule has 0 saturated carbocycles. The SMILES string of the molecule is CCCCC(C(=O)O)C(C)(O)c1ccc2c(c1)OCCO2. The van der Waals surface area contributed by atoms with Crippen LogP contribution in [0.5, 0.6) is 11.5 Å². The van der Waals surface area contributed by atoms with Crippen LogP contribution >= 0.6 is 0 Å². The van der Waals surface area contributed by atoms with E-state index in [0.717, 1.165) is 12.8 Å². The molecule has 2 atom stereocenters. The van der Waals surface area contributed by atoms with Gasteiger partial charge in [-0.3, -0.25) is 4.79 Å². The fourth-order valence-corrected chi connectivity index (χ4v) is 2.61. The van der Waals surface area contributed by atoms with E-state index in [1.165, 1.54) is 0 Å². The van der Waals surface area contributed by atoms with Crippen molar-refractivity contribution in [3.05, 3.63) is 23.8 Å². The summed E-state index contributed by atoms with van der Waals surface area (Å²) in [6.45, 7) is 4.50. The molecule has 2 rings (SSSR count). The lowest BCUT2D eigenvalue weighted by Crippen LogP contribution is -2.37. The molecule has 116 valence electrons. The van der Waals surface area contributed by atoms with E-state index in [-0.39, 0.29) is 0 Å². The lowest BCUT2D eigenvalue weighted by Gasteiger charge is -2.31. The van der Waals surface area contributed by atoms with E-state index < -0.39 is 17.5 Å². The van der Waals surface area contributed by atoms with Crippen molar-refractivity contribution < 1.29 is 24.5 Å². The Balaban J connectivity index is 2.30. The topological polar surface area (TPSA) is 76.0 Å². The van der Waals surface area contributed by atoms with E-state index in [4.69, 9.17) is 9.47 Å². The molecule has 1 heterocycles. The minimum absolute atomic E-state index is 0.438. The van der Waals surface area contributed by atoms with Gasteiger partial charge < -0.3 is 19.7 Å². The van der Waals surface area contributed by atoms with Crippen molar-refractivity contribution in [1.29, 1.82) is 0 Å². The van der Waals surface area contributed by atoms with Gasteiger partial charge in [0.05, 0.1) is 5.92 Å². The molecule has 5 nitrogen and oxygen atoms in total. The molecular formula is C16H22O5. The Morgan fingerprint density at radius 3 is 2.62 bits per heavy atom. The number of aliphatic carboxylic acids is 1. The maximum atomic E-state index is 11.5.